The molecule has 4 rings (SSSR count). The van der Waals surface area contributed by atoms with E-state index in [1.54, 1.807) is 6.20 Å². The standard InChI is InChI=1S/C20H23N3O/c1-15(2)22-13-20(14-22,24-3)18-8-6-16(7-9-18)17-11-19-5-4-10-21-23(19)12-17/h4-12,15H,13-14H2,1-3H3. The maximum absolute atomic E-state index is 5.88. The molecule has 3 aromatic rings. The number of methoxy groups -OCH3 is 1. The van der Waals surface area contributed by atoms with Gasteiger partial charge in [-0.25, -0.2) is 4.52 Å². The second-order valence-electron chi connectivity index (χ2n) is 6.90. The van der Waals surface area contributed by atoms with Gasteiger partial charge in [-0.15, -0.1) is 0 Å². The summed E-state index contributed by atoms with van der Waals surface area (Å²) < 4.78 is 7.79. The highest BCUT2D eigenvalue weighted by Crippen LogP contribution is 2.37. The zero-order valence-corrected chi connectivity index (χ0v) is 14.4. The Balaban J connectivity index is 1.60. The highest BCUT2D eigenvalue weighted by Gasteiger charge is 2.45. The fraction of sp³-hybridized carbons (Fsp3) is 0.350. The third-order valence-corrected chi connectivity index (χ3v) is 5.16. The van der Waals surface area contributed by atoms with Gasteiger partial charge in [0.2, 0.25) is 0 Å². The van der Waals surface area contributed by atoms with Gasteiger partial charge in [0, 0.05) is 44.2 Å². The van der Waals surface area contributed by atoms with E-state index >= 15 is 0 Å². The lowest BCUT2D eigenvalue weighted by Gasteiger charge is -2.51. The molecule has 4 heteroatoms. The van der Waals surface area contributed by atoms with Crippen molar-refractivity contribution >= 4 is 5.52 Å². The molecule has 0 atom stereocenters. The molecule has 24 heavy (non-hydrogen) atoms. The average molecular weight is 321 g/mol. The topological polar surface area (TPSA) is 29.8 Å². The van der Waals surface area contributed by atoms with Crippen molar-refractivity contribution in [3.05, 3.63) is 60.4 Å². The number of benzene rings is 1. The summed E-state index contributed by atoms with van der Waals surface area (Å²) in [4.78, 5) is 2.43. The van der Waals surface area contributed by atoms with E-state index in [2.05, 4.69) is 66.4 Å². The van der Waals surface area contributed by atoms with Crippen LogP contribution in [0.1, 0.15) is 19.4 Å². The van der Waals surface area contributed by atoms with Crippen LogP contribution in [-0.2, 0) is 10.3 Å². The van der Waals surface area contributed by atoms with Gasteiger partial charge < -0.3 is 4.74 Å². The molecule has 3 heterocycles. The molecule has 1 aromatic carbocycles. The number of aromatic nitrogens is 2. The van der Waals surface area contributed by atoms with Crippen molar-refractivity contribution in [3.63, 3.8) is 0 Å². The Bertz CT molecular complexity index is 812. The summed E-state index contributed by atoms with van der Waals surface area (Å²) in [6.07, 6.45) is 3.87. The van der Waals surface area contributed by atoms with Crippen molar-refractivity contribution in [3.8, 4) is 11.1 Å². The molecule has 4 nitrogen and oxygen atoms in total. The molecule has 1 aliphatic heterocycles. The maximum Gasteiger partial charge on any atom is 0.118 e. The van der Waals surface area contributed by atoms with Crippen LogP contribution in [0.3, 0.4) is 0 Å². The predicted molar refractivity (Wildman–Crippen MR) is 96.0 cm³/mol. The van der Waals surface area contributed by atoms with Crippen LogP contribution in [0.2, 0.25) is 0 Å². The third kappa shape index (κ3) is 2.43. The predicted octanol–water partition coefficient (Wildman–Crippen LogP) is 3.57. The van der Waals surface area contributed by atoms with Crippen LogP contribution in [0, 0.1) is 0 Å². The minimum Gasteiger partial charge on any atom is -0.371 e. The van der Waals surface area contributed by atoms with Gasteiger partial charge in [0.15, 0.2) is 0 Å². The summed E-state index contributed by atoms with van der Waals surface area (Å²) in [6, 6.07) is 15.5. The first kappa shape index (κ1) is 15.4. The van der Waals surface area contributed by atoms with Gasteiger partial charge in [-0.05, 0) is 43.2 Å². The Morgan fingerprint density at radius 1 is 1.08 bits per heavy atom. The Morgan fingerprint density at radius 2 is 1.83 bits per heavy atom. The van der Waals surface area contributed by atoms with E-state index in [-0.39, 0.29) is 5.60 Å². The van der Waals surface area contributed by atoms with Gasteiger partial charge in [-0.2, -0.15) is 5.10 Å². The largest absolute Gasteiger partial charge is 0.371 e. The van der Waals surface area contributed by atoms with Gasteiger partial charge in [0.05, 0.1) is 5.52 Å². The molecular weight excluding hydrogens is 298 g/mol. The highest BCUT2D eigenvalue weighted by atomic mass is 16.5. The quantitative estimate of drug-likeness (QED) is 0.736. The zero-order chi connectivity index (χ0) is 16.7. The van der Waals surface area contributed by atoms with Crippen molar-refractivity contribution in [2.75, 3.05) is 20.2 Å². The molecule has 0 N–H and O–H groups in total. The van der Waals surface area contributed by atoms with Crippen LogP contribution in [0.25, 0.3) is 16.6 Å². The van der Waals surface area contributed by atoms with Crippen molar-refractivity contribution in [2.45, 2.75) is 25.5 Å². The minimum absolute atomic E-state index is 0.157. The summed E-state index contributed by atoms with van der Waals surface area (Å²) in [6.45, 7) is 6.38. The van der Waals surface area contributed by atoms with Crippen molar-refractivity contribution in [1.82, 2.24) is 14.5 Å². The maximum atomic E-state index is 5.88. The molecular formula is C20H23N3O. The summed E-state index contributed by atoms with van der Waals surface area (Å²) in [7, 11) is 1.82. The van der Waals surface area contributed by atoms with Crippen LogP contribution in [0.15, 0.2) is 54.9 Å². The Hall–Kier alpha value is -2.17. The van der Waals surface area contributed by atoms with Crippen LogP contribution >= 0.6 is 0 Å². The first-order valence-corrected chi connectivity index (χ1v) is 8.45. The third-order valence-electron chi connectivity index (χ3n) is 5.16. The van der Waals surface area contributed by atoms with E-state index in [1.807, 2.05) is 17.7 Å². The molecule has 0 aliphatic carbocycles. The smallest absolute Gasteiger partial charge is 0.118 e. The molecule has 1 saturated heterocycles. The molecule has 1 fully saturated rings. The summed E-state index contributed by atoms with van der Waals surface area (Å²) in [5.74, 6) is 0. The van der Waals surface area contributed by atoms with Crippen LogP contribution < -0.4 is 0 Å². The number of likely N-dealkylation sites (tertiary alicyclic amines) is 1. The number of fused-ring (bicyclic) bond motifs is 1. The summed E-state index contributed by atoms with van der Waals surface area (Å²) >= 11 is 0. The first-order chi connectivity index (χ1) is 11.6. The number of hydrogen-bond acceptors (Lipinski definition) is 3. The number of ether oxygens (including phenoxy) is 1. The van der Waals surface area contributed by atoms with Gasteiger partial charge in [0.1, 0.15) is 5.60 Å². The molecule has 124 valence electrons. The second kappa shape index (κ2) is 5.72. The Kier molecular flexibility index (Phi) is 3.66. The summed E-state index contributed by atoms with van der Waals surface area (Å²) in [5.41, 5.74) is 4.60. The van der Waals surface area contributed by atoms with Crippen LogP contribution in [0.4, 0.5) is 0 Å². The second-order valence-corrected chi connectivity index (χ2v) is 6.90. The van der Waals surface area contributed by atoms with Crippen molar-refractivity contribution in [2.24, 2.45) is 0 Å². The molecule has 0 bridgehead atoms. The summed E-state index contributed by atoms with van der Waals surface area (Å²) in [5, 5.41) is 4.34. The highest BCUT2D eigenvalue weighted by molar-refractivity contribution is 5.70. The van der Waals surface area contributed by atoms with Crippen LogP contribution in [0.5, 0.6) is 0 Å². The number of nitrogens with zero attached hydrogens (tertiary/aromatic N) is 3. The monoisotopic (exact) mass is 321 g/mol. The molecule has 0 radical (unpaired) electrons. The zero-order valence-electron chi connectivity index (χ0n) is 14.4. The van der Waals surface area contributed by atoms with Crippen molar-refractivity contribution < 1.29 is 4.74 Å². The molecule has 0 amide bonds. The van der Waals surface area contributed by atoms with Gasteiger partial charge in [-0.1, -0.05) is 24.3 Å². The van der Waals surface area contributed by atoms with Gasteiger partial charge in [-0.3, -0.25) is 4.90 Å². The molecule has 0 spiro atoms. The molecule has 2 aromatic heterocycles. The lowest BCUT2D eigenvalue weighted by atomic mass is 9.84. The van der Waals surface area contributed by atoms with Gasteiger partial charge >= 0.3 is 0 Å². The van der Waals surface area contributed by atoms with E-state index in [1.165, 1.54) is 16.7 Å². The molecule has 0 unspecified atom stereocenters. The number of rotatable bonds is 4. The fourth-order valence-corrected chi connectivity index (χ4v) is 3.47. The first-order valence-electron chi connectivity index (χ1n) is 8.45. The Labute approximate surface area is 142 Å². The van der Waals surface area contributed by atoms with Crippen molar-refractivity contribution in [1.29, 1.82) is 0 Å². The number of hydrogen-bond donors (Lipinski definition) is 0. The molecule has 1 aliphatic rings. The average Bonchev–Trinajstić information content (AvgIpc) is 2.99. The minimum atomic E-state index is -0.157. The molecule has 0 saturated carbocycles. The Morgan fingerprint density at radius 3 is 2.46 bits per heavy atom. The lowest BCUT2D eigenvalue weighted by Crippen LogP contribution is -2.62. The van der Waals surface area contributed by atoms with Crippen LogP contribution in [-0.4, -0.2) is 40.8 Å². The van der Waals surface area contributed by atoms with E-state index < -0.39 is 0 Å². The SMILES string of the molecule is COC1(c2ccc(-c3cc4cccnn4c3)cc2)CN(C(C)C)C1. The lowest BCUT2D eigenvalue weighted by molar-refractivity contribution is -0.141. The van der Waals surface area contributed by atoms with E-state index in [0.717, 1.165) is 18.6 Å². The van der Waals surface area contributed by atoms with E-state index in [9.17, 15) is 0 Å². The van der Waals surface area contributed by atoms with E-state index in [0.29, 0.717) is 6.04 Å². The fourth-order valence-electron chi connectivity index (χ4n) is 3.47. The van der Waals surface area contributed by atoms with E-state index in [4.69, 9.17) is 4.74 Å². The van der Waals surface area contributed by atoms with Gasteiger partial charge in [0.25, 0.3) is 0 Å². The normalized spacial score (nSPS) is 17.3.